The maximum atomic E-state index is 13.3. The summed E-state index contributed by atoms with van der Waals surface area (Å²) in [5.41, 5.74) is 0.905. The standard InChI is InChI=1S/C26H43ClN4O4/c1-19(2)31(25(32)30-23(18-28-3)16-20-8-5-4-6-9-20)14-12-24(35-15-13-29-26(33)34)21-10-7-11-22(27)17-21/h7,10-11,17,19-20,23-24,28-29H,4-6,8-9,12-16,18H2,1-3H3,(H,30,32)(H,33,34)/t23-,24-/m0/s1. The summed E-state index contributed by atoms with van der Waals surface area (Å²) in [6.07, 6.45) is 6.57. The van der Waals surface area contributed by atoms with Gasteiger partial charge in [0.25, 0.3) is 0 Å². The van der Waals surface area contributed by atoms with Gasteiger partial charge in [-0.25, -0.2) is 9.59 Å². The van der Waals surface area contributed by atoms with Gasteiger partial charge < -0.3 is 30.7 Å². The van der Waals surface area contributed by atoms with Crippen molar-refractivity contribution < 1.29 is 19.4 Å². The Morgan fingerprint density at radius 1 is 1.23 bits per heavy atom. The van der Waals surface area contributed by atoms with E-state index in [-0.39, 0.29) is 37.4 Å². The summed E-state index contributed by atoms with van der Waals surface area (Å²) in [6, 6.07) is 7.51. The molecule has 3 amide bonds. The summed E-state index contributed by atoms with van der Waals surface area (Å²) in [4.78, 5) is 25.9. The number of hydrogen-bond donors (Lipinski definition) is 4. The highest BCUT2D eigenvalue weighted by molar-refractivity contribution is 6.30. The SMILES string of the molecule is CNC[C@H](CC1CCCCC1)NC(=O)N(CC[C@H](OCCNC(=O)O)c1cccc(Cl)c1)C(C)C. The van der Waals surface area contributed by atoms with Crippen molar-refractivity contribution in [3.05, 3.63) is 34.9 Å². The first-order valence-electron chi connectivity index (χ1n) is 12.9. The number of carbonyl (C=O) groups excluding carboxylic acids is 1. The molecule has 9 heteroatoms. The Bertz CT molecular complexity index is 773. The zero-order valence-electron chi connectivity index (χ0n) is 21.4. The lowest BCUT2D eigenvalue weighted by atomic mass is 9.85. The summed E-state index contributed by atoms with van der Waals surface area (Å²) in [6.45, 7) is 5.69. The lowest BCUT2D eigenvalue weighted by Gasteiger charge is -2.32. The van der Waals surface area contributed by atoms with Gasteiger partial charge in [0.1, 0.15) is 0 Å². The Balaban J connectivity index is 2.01. The minimum Gasteiger partial charge on any atom is -0.465 e. The molecule has 0 radical (unpaired) electrons. The maximum absolute atomic E-state index is 13.3. The van der Waals surface area contributed by atoms with E-state index in [1.54, 1.807) is 6.07 Å². The number of amides is 3. The van der Waals surface area contributed by atoms with E-state index in [4.69, 9.17) is 21.4 Å². The number of benzene rings is 1. The number of likely N-dealkylation sites (N-methyl/N-ethyl adjacent to an activating group) is 1. The average Bonchev–Trinajstić information content (AvgIpc) is 2.81. The molecule has 1 aliphatic carbocycles. The molecule has 2 rings (SSSR count). The molecule has 0 bridgehead atoms. The van der Waals surface area contributed by atoms with Crippen LogP contribution in [0.2, 0.25) is 5.02 Å². The number of nitrogens with zero attached hydrogens (tertiary/aromatic N) is 1. The molecule has 1 aromatic carbocycles. The fourth-order valence-corrected chi connectivity index (χ4v) is 4.98. The van der Waals surface area contributed by atoms with E-state index in [0.29, 0.717) is 23.9 Å². The van der Waals surface area contributed by atoms with Gasteiger partial charge in [-0.05, 0) is 57.4 Å². The maximum Gasteiger partial charge on any atom is 0.404 e. The molecule has 0 saturated heterocycles. The van der Waals surface area contributed by atoms with Gasteiger partial charge in [0.2, 0.25) is 0 Å². The second kappa shape index (κ2) is 15.9. The highest BCUT2D eigenvalue weighted by Gasteiger charge is 2.25. The van der Waals surface area contributed by atoms with Gasteiger partial charge in [0.05, 0.1) is 12.7 Å². The molecule has 1 aromatic rings. The number of nitrogens with one attached hydrogen (secondary N) is 3. The largest absolute Gasteiger partial charge is 0.465 e. The lowest BCUT2D eigenvalue weighted by Crippen LogP contribution is -2.51. The van der Waals surface area contributed by atoms with E-state index in [9.17, 15) is 9.59 Å². The molecule has 1 saturated carbocycles. The van der Waals surface area contributed by atoms with Crippen LogP contribution in [0.4, 0.5) is 9.59 Å². The van der Waals surface area contributed by atoms with Gasteiger partial charge in [-0.3, -0.25) is 0 Å². The molecular weight excluding hydrogens is 468 g/mol. The molecule has 35 heavy (non-hydrogen) atoms. The molecule has 0 spiro atoms. The predicted octanol–water partition coefficient (Wildman–Crippen LogP) is 5.03. The van der Waals surface area contributed by atoms with E-state index in [2.05, 4.69) is 16.0 Å². The molecule has 0 unspecified atom stereocenters. The zero-order chi connectivity index (χ0) is 25.6. The van der Waals surface area contributed by atoms with Crippen LogP contribution in [0.25, 0.3) is 0 Å². The molecule has 4 N–H and O–H groups in total. The second-order valence-corrected chi connectivity index (χ2v) is 10.1. The van der Waals surface area contributed by atoms with Crippen molar-refractivity contribution >= 4 is 23.7 Å². The highest BCUT2D eigenvalue weighted by Crippen LogP contribution is 2.28. The minimum atomic E-state index is -1.08. The van der Waals surface area contributed by atoms with Crippen molar-refractivity contribution in [1.29, 1.82) is 0 Å². The summed E-state index contributed by atoms with van der Waals surface area (Å²) in [5, 5.41) is 18.2. The van der Waals surface area contributed by atoms with Crippen LogP contribution in [-0.4, -0.2) is 67.5 Å². The van der Waals surface area contributed by atoms with Crippen molar-refractivity contribution in [2.45, 2.75) is 77.0 Å². The van der Waals surface area contributed by atoms with Crippen LogP contribution in [0.5, 0.6) is 0 Å². The Labute approximate surface area is 215 Å². The Hall–Kier alpha value is -2.03. The van der Waals surface area contributed by atoms with Crippen molar-refractivity contribution in [3.63, 3.8) is 0 Å². The third-order valence-electron chi connectivity index (χ3n) is 6.55. The van der Waals surface area contributed by atoms with Gasteiger partial charge in [0, 0.05) is 36.7 Å². The fraction of sp³-hybridized carbons (Fsp3) is 0.692. The molecule has 1 fully saturated rings. The molecule has 1 aliphatic rings. The summed E-state index contributed by atoms with van der Waals surface area (Å²) in [7, 11) is 1.92. The molecule has 0 heterocycles. The minimum absolute atomic E-state index is 0.0219. The van der Waals surface area contributed by atoms with Crippen molar-refractivity contribution in [1.82, 2.24) is 20.9 Å². The molecule has 0 aromatic heterocycles. The smallest absolute Gasteiger partial charge is 0.404 e. The first-order chi connectivity index (χ1) is 16.8. The number of carboxylic acid groups (broad SMARTS) is 1. The number of carbonyl (C=O) groups is 2. The van der Waals surface area contributed by atoms with Crippen LogP contribution in [0, 0.1) is 5.92 Å². The van der Waals surface area contributed by atoms with Gasteiger partial charge in [-0.15, -0.1) is 0 Å². The number of ether oxygens (including phenoxy) is 1. The van der Waals surface area contributed by atoms with Crippen molar-refractivity contribution in [2.75, 3.05) is 33.3 Å². The summed E-state index contributed by atoms with van der Waals surface area (Å²) >= 11 is 6.20. The Morgan fingerprint density at radius 3 is 2.60 bits per heavy atom. The number of hydrogen-bond acceptors (Lipinski definition) is 4. The average molecular weight is 511 g/mol. The summed E-state index contributed by atoms with van der Waals surface area (Å²) in [5.74, 6) is 0.676. The van der Waals surface area contributed by atoms with Gasteiger partial charge in [-0.1, -0.05) is 55.8 Å². The molecule has 2 atom stereocenters. The molecular formula is C26H43ClN4O4. The number of urea groups is 1. The number of halogens is 1. The summed E-state index contributed by atoms with van der Waals surface area (Å²) < 4.78 is 6.01. The first-order valence-corrected chi connectivity index (χ1v) is 13.2. The quantitative estimate of drug-likeness (QED) is 0.263. The second-order valence-electron chi connectivity index (χ2n) is 9.67. The third-order valence-corrected chi connectivity index (χ3v) is 6.79. The van der Waals surface area contributed by atoms with Gasteiger partial charge in [0.15, 0.2) is 0 Å². The Morgan fingerprint density at radius 2 is 1.97 bits per heavy atom. The van der Waals surface area contributed by atoms with E-state index >= 15 is 0 Å². The van der Waals surface area contributed by atoms with Crippen LogP contribution in [0.3, 0.4) is 0 Å². The molecule has 8 nitrogen and oxygen atoms in total. The monoisotopic (exact) mass is 510 g/mol. The van der Waals surface area contributed by atoms with Crippen LogP contribution in [0.1, 0.15) is 70.5 Å². The number of rotatable bonds is 14. The zero-order valence-corrected chi connectivity index (χ0v) is 22.2. The van der Waals surface area contributed by atoms with E-state index in [0.717, 1.165) is 18.5 Å². The molecule has 198 valence electrons. The van der Waals surface area contributed by atoms with Crippen molar-refractivity contribution in [2.24, 2.45) is 5.92 Å². The normalized spacial score (nSPS) is 16.0. The van der Waals surface area contributed by atoms with Gasteiger partial charge >= 0.3 is 12.1 Å². The van der Waals surface area contributed by atoms with E-state index in [1.807, 2.05) is 44.0 Å². The highest BCUT2D eigenvalue weighted by atomic mass is 35.5. The Kier molecular flexibility index (Phi) is 13.2. The van der Waals surface area contributed by atoms with Gasteiger partial charge in [-0.2, -0.15) is 0 Å². The first kappa shape index (κ1) is 29.2. The fourth-order valence-electron chi connectivity index (χ4n) is 4.79. The van der Waals surface area contributed by atoms with Crippen LogP contribution >= 0.6 is 11.6 Å². The van der Waals surface area contributed by atoms with E-state index in [1.165, 1.54) is 32.1 Å². The lowest BCUT2D eigenvalue weighted by molar-refractivity contribution is 0.0412. The van der Waals surface area contributed by atoms with Crippen LogP contribution in [0.15, 0.2) is 24.3 Å². The van der Waals surface area contributed by atoms with Crippen LogP contribution < -0.4 is 16.0 Å². The third kappa shape index (κ3) is 11.1. The molecule has 0 aliphatic heterocycles. The van der Waals surface area contributed by atoms with Crippen LogP contribution in [-0.2, 0) is 4.74 Å². The predicted molar refractivity (Wildman–Crippen MR) is 140 cm³/mol. The van der Waals surface area contributed by atoms with E-state index < -0.39 is 6.09 Å². The topological polar surface area (TPSA) is 103 Å². The van der Waals surface area contributed by atoms with Crippen molar-refractivity contribution in [3.8, 4) is 0 Å².